The first-order chi connectivity index (χ1) is 7.67. The van der Waals surface area contributed by atoms with Crippen LogP contribution in [0.1, 0.15) is 52.4 Å². The van der Waals surface area contributed by atoms with Crippen molar-refractivity contribution in [3.05, 3.63) is 0 Å². The first-order valence-electron chi connectivity index (χ1n) is 6.18. The topological polar surface area (TPSA) is 46.6 Å². The lowest BCUT2D eigenvalue weighted by Crippen LogP contribution is -2.28. The Morgan fingerprint density at radius 2 is 2.19 bits per heavy atom. The fourth-order valence-corrected chi connectivity index (χ4v) is 1.93. The fourth-order valence-electron chi connectivity index (χ4n) is 1.93. The Morgan fingerprint density at radius 1 is 1.44 bits per heavy atom. The molecule has 0 bridgehead atoms. The predicted molar refractivity (Wildman–Crippen MR) is 60.3 cm³/mol. The van der Waals surface area contributed by atoms with Crippen molar-refractivity contribution < 1.29 is 14.4 Å². The molecule has 0 aromatic heterocycles. The zero-order valence-electron chi connectivity index (χ0n) is 10.2. The maximum Gasteiger partial charge on any atom is 0.332 e. The molecule has 4 heteroatoms. The van der Waals surface area contributed by atoms with Crippen LogP contribution in [0, 0.1) is 5.92 Å². The van der Waals surface area contributed by atoms with Crippen LogP contribution in [-0.4, -0.2) is 23.5 Å². The summed E-state index contributed by atoms with van der Waals surface area (Å²) < 4.78 is 0. The van der Waals surface area contributed by atoms with Crippen molar-refractivity contribution in [2.75, 3.05) is 6.54 Å². The van der Waals surface area contributed by atoms with Crippen LogP contribution in [-0.2, 0) is 14.4 Å². The monoisotopic (exact) mass is 227 g/mol. The van der Waals surface area contributed by atoms with Crippen molar-refractivity contribution in [1.29, 1.82) is 0 Å². The highest BCUT2D eigenvalue weighted by Gasteiger charge is 2.31. The molecule has 0 radical (unpaired) electrons. The van der Waals surface area contributed by atoms with Gasteiger partial charge in [-0.2, -0.15) is 5.06 Å². The molecule has 1 atom stereocenters. The molecule has 1 saturated heterocycles. The summed E-state index contributed by atoms with van der Waals surface area (Å²) in [5.41, 5.74) is 0. The molecule has 1 aliphatic heterocycles. The summed E-state index contributed by atoms with van der Waals surface area (Å²) in [6.07, 6.45) is 4.79. The van der Waals surface area contributed by atoms with Crippen LogP contribution in [0.5, 0.6) is 0 Å². The number of rotatable bonds is 6. The second-order valence-corrected chi connectivity index (χ2v) is 4.38. The van der Waals surface area contributed by atoms with E-state index < -0.39 is 0 Å². The van der Waals surface area contributed by atoms with E-state index in [1.807, 2.05) is 6.92 Å². The van der Waals surface area contributed by atoms with Crippen molar-refractivity contribution in [2.45, 2.75) is 52.4 Å². The fraction of sp³-hybridized carbons (Fsp3) is 0.833. The summed E-state index contributed by atoms with van der Waals surface area (Å²) in [5, 5.41) is 1.25. The van der Waals surface area contributed by atoms with Crippen molar-refractivity contribution in [3.63, 3.8) is 0 Å². The van der Waals surface area contributed by atoms with Gasteiger partial charge >= 0.3 is 5.97 Å². The van der Waals surface area contributed by atoms with E-state index in [0.29, 0.717) is 25.3 Å². The summed E-state index contributed by atoms with van der Waals surface area (Å²) in [6.45, 7) is 4.69. The van der Waals surface area contributed by atoms with Gasteiger partial charge in [-0.3, -0.25) is 4.79 Å². The van der Waals surface area contributed by atoms with Gasteiger partial charge in [0.1, 0.15) is 0 Å². The molecule has 1 fully saturated rings. The summed E-state index contributed by atoms with van der Waals surface area (Å²) in [6, 6.07) is 0. The number of unbranched alkanes of at least 4 members (excludes halogenated alkanes) is 1. The molecule has 92 valence electrons. The van der Waals surface area contributed by atoms with Gasteiger partial charge < -0.3 is 4.84 Å². The van der Waals surface area contributed by atoms with E-state index in [0.717, 1.165) is 25.7 Å². The normalized spacial score (nSPS) is 20.2. The van der Waals surface area contributed by atoms with E-state index in [2.05, 4.69) is 6.92 Å². The lowest BCUT2D eigenvalue weighted by atomic mass is 10.0. The number of hydroxylamine groups is 2. The highest BCUT2D eigenvalue weighted by molar-refractivity contribution is 5.80. The van der Waals surface area contributed by atoms with E-state index in [-0.39, 0.29) is 11.9 Å². The third-order valence-electron chi connectivity index (χ3n) is 2.81. The zero-order valence-corrected chi connectivity index (χ0v) is 10.2. The van der Waals surface area contributed by atoms with Gasteiger partial charge in [-0.25, -0.2) is 4.79 Å². The van der Waals surface area contributed by atoms with Crippen LogP contribution < -0.4 is 0 Å². The van der Waals surface area contributed by atoms with Gasteiger partial charge in [-0.15, -0.1) is 0 Å². The van der Waals surface area contributed by atoms with Crippen LogP contribution in [0.4, 0.5) is 0 Å². The van der Waals surface area contributed by atoms with Gasteiger partial charge in [-0.1, -0.05) is 26.7 Å². The molecule has 1 rings (SSSR count). The van der Waals surface area contributed by atoms with Gasteiger partial charge in [0.15, 0.2) is 0 Å². The number of carbonyl (C=O) groups is 2. The molecule has 1 aliphatic rings. The minimum absolute atomic E-state index is 0.0525. The summed E-state index contributed by atoms with van der Waals surface area (Å²) in [4.78, 5) is 27.9. The van der Waals surface area contributed by atoms with Crippen LogP contribution >= 0.6 is 0 Å². The first-order valence-corrected chi connectivity index (χ1v) is 6.18. The number of amides is 1. The molecular formula is C12H21NO3. The average molecular weight is 227 g/mol. The quantitative estimate of drug-likeness (QED) is 0.699. The minimum atomic E-state index is -0.285. The van der Waals surface area contributed by atoms with Gasteiger partial charge in [0.2, 0.25) is 0 Å². The molecule has 0 aromatic carbocycles. The van der Waals surface area contributed by atoms with Crippen LogP contribution in [0.3, 0.4) is 0 Å². The predicted octanol–water partition coefficient (Wildman–Crippen LogP) is 2.28. The van der Waals surface area contributed by atoms with Gasteiger partial charge in [0.05, 0.1) is 6.54 Å². The number of hydrogen-bond donors (Lipinski definition) is 0. The smallest absolute Gasteiger partial charge is 0.332 e. The Labute approximate surface area is 96.9 Å². The van der Waals surface area contributed by atoms with Crippen molar-refractivity contribution in [1.82, 2.24) is 5.06 Å². The molecule has 0 aliphatic carbocycles. The summed E-state index contributed by atoms with van der Waals surface area (Å²) in [5.74, 6) is 0.0205. The van der Waals surface area contributed by atoms with E-state index >= 15 is 0 Å². The Hall–Kier alpha value is -1.06. The molecule has 0 saturated carbocycles. The molecule has 1 amide bonds. The molecule has 1 unspecified atom stereocenters. The number of carbonyl (C=O) groups excluding carboxylic acids is 2. The average Bonchev–Trinajstić information content (AvgIpc) is 2.57. The molecule has 1 heterocycles. The number of hydrogen-bond acceptors (Lipinski definition) is 3. The van der Waals surface area contributed by atoms with Crippen molar-refractivity contribution in [2.24, 2.45) is 5.92 Å². The second kappa shape index (κ2) is 6.51. The van der Waals surface area contributed by atoms with E-state index in [1.54, 1.807) is 0 Å². The van der Waals surface area contributed by atoms with E-state index in [1.165, 1.54) is 5.06 Å². The molecule has 16 heavy (non-hydrogen) atoms. The highest BCUT2D eigenvalue weighted by atomic mass is 16.7. The van der Waals surface area contributed by atoms with Crippen molar-refractivity contribution in [3.8, 4) is 0 Å². The number of nitrogens with zero attached hydrogens (tertiary/aromatic N) is 1. The zero-order chi connectivity index (χ0) is 12.0. The summed E-state index contributed by atoms with van der Waals surface area (Å²) in [7, 11) is 0. The largest absolute Gasteiger partial charge is 0.338 e. The third-order valence-corrected chi connectivity index (χ3v) is 2.81. The lowest BCUT2D eigenvalue weighted by molar-refractivity contribution is -0.193. The Balaban J connectivity index is 2.32. The molecular weight excluding hydrogens is 206 g/mol. The van der Waals surface area contributed by atoms with E-state index in [4.69, 9.17) is 4.84 Å². The lowest BCUT2D eigenvalue weighted by Gasteiger charge is -2.15. The standard InChI is InChI=1S/C12H21NO3/c1-3-5-7-12(15)16-13-9-10(6-4-2)8-11(13)14/h10H,3-9H2,1-2H3. The molecule has 4 nitrogen and oxygen atoms in total. The highest BCUT2D eigenvalue weighted by Crippen LogP contribution is 2.22. The summed E-state index contributed by atoms with van der Waals surface area (Å²) >= 11 is 0. The van der Waals surface area contributed by atoms with Gasteiger partial charge in [0, 0.05) is 12.8 Å². The third kappa shape index (κ3) is 3.83. The molecule has 0 spiro atoms. The molecule has 0 N–H and O–H groups in total. The Kier molecular flexibility index (Phi) is 5.29. The van der Waals surface area contributed by atoms with Crippen molar-refractivity contribution >= 4 is 11.9 Å². The Morgan fingerprint density at radius 3 is 2.81 bits per heavy atom. The minimum Gasteiger partial charge on any atom is -0.338 e. The van der Waals surface area contributed by atoms with Gasteiger partial charge in [-0.05, 0) is 18.8 Å². The van der Waals surface area contributed by atoms with E-state index in [9.17, 15) is 9.59 Å². The van der Waals surface area contributed by atoms with Crippen LogP contribution in [0.15, 0.2) is 0 Å². The second-order valence-electron chi connectivity index (χ2n) is 4.38. The maximum absolute atomic E-state index is 11.5. The van der Waals surface area contributed by atoms with Crippen LogP contribution in [0.2, 0.25) is 0 Å². The maximum atomic E-state index is 11.5. The SMILES string of the molecule is CCCCC(=O)ON1CC(CCC)CC1=O. The van der Waals surface area contributed by atoms with Crippen LogP contribution in [0.25, 0.3) is 0 Å². The molecule has 0 aromatic rings. The Bertz CT molecular complexity index is 253. The van der Waals surface area contributed by atoms with Gasteiger partial charge in [0.25, 0.3) is 5.91 Å². The first kappa shape index (κ1) is 13.0.